The monoisotopic (exact) mass is 284 g/mol. The van der Waals surface area contributed by atoms with Crippen LogP contribution in [-0.4, -0.2) is 0 Å². The first kappa shape index (κ1) is 13.7. The number of aryl methyl sites for hydroxylation is 1. The number of hydrogen-bond acceptors (Lipinski definition) is 2. The summed E-state index contributed by atoms with van der Waals surface area (Å²) in [6.45, 7) is 6.57. The van der Waals surface area contributed by atoms with Gasteiger partial charge in [0, 0.05) is 10.5 Å². The van der Waals surface area contributed by atoms with Gasteiger partial charge >= 0.3 is 0 Å². The number of nitrogens with one attached hydrogen (secondary N) is 1. The zero-order valence-electron chi connectivity index (χ0n) is 10.3. The van der Waals surface area contributed by atoms with E-state index < -0.39 is 0 Å². The van der Waals surface area contributed by atoms with E-state index in [0.717, 1.165) is 10.9 Å². The van der Waals surface area contributed by atoms with E-state index in [2.05, 4.69) is 60.3 Å². The normalized spacial score (nSPS) is 14.8. The van der Waals surface area contributed by atoms with E-state index in [4.69, 9.17) is 5.84 Å². The molecule has 16 heavy (non-hydrogen) atoms. The van der Waals surface area contributed by atoms with Crippen molar-refractivity contribution in [3.05, 3.63) is 33.8 Å². The summed E-state index contributed by atoms with van der Waals surface area (Å²) in [5.41, 5.74) is 5.43. The molecule has 90 valence electrons. The molecule has 0 aliphatic rings. The van der Waals surface area contributed by atoms with Crippen molar-refractivity contribution in [3.8, 4) is 0 Å². The third kappa shape index (κ3) is 3.58. The Morgan fingerprint density at radius 1 is 1.44 bits per heavy atom. The Bertz CT molecular complexity index is 339. The molecule has 1 aromatic carbocycles. The molecule has 0 spiro atoms. The van der Waals surface area contributed by atoms with Crippen molar-refractivity contribution in [2.45, 2.75) is 39.7 Å². The summed E-state index contributed by atoms with van der Waals surface area (Å²) >= 11 is 3.51. The lowest BCUT2D eigenvalue weighted by atomic mass is 9.94. The maximum Gasteiger partial charge on any atom is 0.0462 e. The van der Waals surface area contributed by atoms with Crippen molar-refractivity contribution >= 4 is 15.9 Å². The Kier molecular flexibility index (Phi) is 5.46. The third-order valence-corrected chi connectivity index (χ3v) is 4.01. The van der Waals surface area contributed by atoms with Crippen LogP contribution in [0.4, 0.5) is 0 Å². The Morgan fingerprint density at radius 2 is 2.12 bits per heavy atom. The minimum atomic E-state index is 0.252. The molecule has 0 aliphatic carbocycles. The first-order chi connectivity index (χ1) is 7.58. The SMILES string of the molecule is CCC(C)CC(NN)c1ccc(Br)c(C)c1. The number of nitrogens with two attached hydrogens (primary N) is 1. The topological polar surface area (TPSA) is 38.0 Å². The standard InChI is InChI=1S/C13H21BrN2/c1-4-9(2)7-13(16-15)11-5-6-12(14)10(3)8-11/h5-6,8-9,13,16H,4,7,15H2,1-3H3. The second-order valence-electron chi connectivity index (χ2n) is 4.48. The van der Waals surface area contributed by atoms with E-state index in [1.54, 1.807) is 0 Å². The maximum absolute atomic E-state index is 5.63. The fraction of sp³-hybridized carbons (Fsp3) is 0.538. The first-order valence-electron chi connectivity index (χ1n) is 5.80. The molecule has 1 rings (SSSR count). The summed E-state index contributed by atoms with van der Waals surface area (Å²) in [7, 11) is 0. The van der Waals surface area contributed by atoms with E-state index in [-0.39, 0.29) is 6.04 Å². The van der Waals surface area contributed by atoms with Crippen LogP contribution in [-0.2, 0) is 0 Å². The molecular weight excluding hydrogens is 264 g/mol. The predicted molar refractivity (Wildman–Crippen MR) is 73.0 cm³/mol. The highest BCUT2D eigenvalue weighted by Gasteiger charge is 2.13. The quantitative estimate of drug-likeness (QED) is 0.639. The number of hydrogen-bond donors (Lipinski definition) is 2. The van der Waals surface area contributed by atoms with Crippen LogP contribution in [0.5, 0.6) is 0 Å². The van der Waals surface area contributed by atoms with E-state index >= 15 is 0 Å². The van der Waals surface area contributed by atoms with Crippen LogP contribution in [0.2, 0.25) is 0 Å². The van der Waals surface area contributed by atoms with Crippen LogP contribution in [0.3, 0.4) is 0 Å². The molecule has 0 saturated carbocycles. The van der Waals surface area contributed by atoms with Crippen molar-refractivity contribution in [2.75, 3.05) is 0 Å². The molecule has 0 bridgehead atoms. The van der Waals surface area contributed by atoms with Crippen LogP contribution in [0.15, 0.2) is 22.7 Å². The average molecular weight is 285 g/mol. The van der Waals surface area contributed by atoms with Crippen LogP contribution in [0, 0.1) is 12.8 Å². The zero-order chi connectivity index (χ0) is 12.1. The van der Waals surface area contributed by atoms with Gasteiger partial charge in [-0.1, -0.05) is 48.3 Å². The second-order valence-corrected chi connectivity index (χ2v) is 5.33. The number of rotatable bonds is 5. The lowest BCUT2D eigenvalue weighted by Crippen LogP contribution is -2.29. The van der Waals surface area contributed by atoms with Gasteiger partial charge in [0.15, 0.2) is 0 Å². The van der Waals surface area contributed by atoms with Crippen molar-refractivity contribution in [3.63, 3.8) is 0 Å². The van der Waals surface area contributed by atoms with Gasteiger partial charge in [-0.05, 0) is 36.5 Å². The summed E-state index contributed by atoms with van der Waals surface area (Å²) in [4.78, 5) is 0. The largest absolute Gasteiger partial charge is 0.271 e. The average Bonchev–Trinajstić information content (AvgIpc) is 2.29. The van der Waals surface area contributed by atoms with E-state index in [9.17, 15) is 0 Å². The van der Waals surface area contributed by atoms with Gasteiger partial charge in [0.2, 0.25) is 0 Å². The van der Waals surface area contributed by atoms with Gasteiger partial charge in [-0.15, -0.1) is 0 Å². The molecular formula is C13H21BrN2. The molecule has 1 aromatic rings. The third-order valence-electron chi connectivity index (χ3n) is 3.12. The molecule has 0 heterocycles. The highest BCUT2D eigenvalue weighted by molar-refractivity contribution is 9.10. The molecule has 0 amide bonds. The second kappa shape index (κ2) is 6.38. The highest BCUT2D eigenvalue weighted by Crippen LogP contribution is 2.25. The Balaban J connectivity index is 2.82. The van der Waals surface area contributed by atoms with Crippen molar-refractivity contribution < 1.29 is 0 Å². The number of hydrazine groups is 1. The van der Waals surface area contributed by atoms with Gasteiger partial charge in [0.1, 0.15) is 0 Å². The summed E-state index contributed by atoms with van der Waals surface area (Å²) < 4.78 is 1.15. The van der Waals surface area contributed by atoms with E-state index in [1.165, 1.54) is 17.5 Å². The molecule has 0 aliphatic heterocycles. The van der Waals surface area contributed by atoms with E-state index in [0.29, 0.717) is 5.92 Å². The molecule has 2 atom stereocenters. The van der Waals surface area contributed by atoms with Gasteiger partial charge < -0.3 is 0 Å². The van der Waals surface area contributed by atoms with Crippen molar-refractivity contribution in [1.82, 2.24) is 5.43 Å². The predicted octanol–water partition coefficient (Wildman–Crippen LogP) is 3.70. The Morgan fingerprint density at radius 3 is 2.62 bits per heavy atom. The molecule has 2 nitrogen and oxygen atoms in total. The van der Waals surface area contributed by atoms with Gasteiger partial charge in [0.25, 0.3) is 0 Å². The lowest BCUT2D eigenvalue weighted by molar-refractivity contribution is 0.407. The first-order valence-corrected chi connectivity index (χ1v) is 6.60. The van der Waals surface area contributed by atoms with Crippen LogP contribution >= 0.6 is 15.9 Å². The molecule has 2 unspecified atom stereocenters. The van der Waals surface area contributed by atoms with E-state index in [1.807, 2.05) is 0 Å². The Hall–Kier alpha value is -0.380. The number of benzene rings is 1. The molecule has 0 saturated heterocycles. The van der Waals surface area contributed by atoms with Crippen molar-refractivity contribution in [2.24, 2.45) is 11.8 Å². The van der Waals surface area contributed by atoms with Gasteiger partial charge in [-0.25, -0.2) is 0 Å². The van der Waals surface area contributed by atoms with Crippen molar-refractivity contribution in [1.29, 1.82) is 0 Å². The molecule has 3 heteroatoms. The fourth-order valence-electron chi connectivity index (χ4n) is 1.75. The highest BCUT2D eigenvalue weighted by atomic mass is 79.9. The van der Waals surface area contributed by atoms with Gasteiger partial charge in [-0.3, -0.25) is 11.3 Å². The van der Waals surface area contributed by atoms with Crippen LogP contribution in [0.1, 0.15) is 43.9 Å². The summed E-state index contributed by atoms with van der Waals surface area (Å²) in [6.07, 6.45) is 2.27. The molecule has 3 N–H and O–H groups in total. The van der Waals surface area contributed by atoms with Gasteiger partial charge in [0.05, 0.1) is 0 Å². The number of halogens is 1. The minimum Gasteiger partial charge on any atom is -0.271 e. The minimum absolute atomic E-state index is 0.252. The van der Waals surface area contributed by atoms with Crippen LogP contribution < -0.4 is 11.3 Å². The smallest absolute Gasteiger partial charge is 0.0462 e. The summed E-state index contributed by atoms with van der Waals surface area (Å²) in [5, 5.41) is 0. The zero-order valence-corrected chi connectivity index (χ0v) is 11.8. The Labute approximate surface area is 107 Å². The lowest BCUT2D eigenvalue weighted by Gasteiger charge is -2.20. The summed E-state index contributed by atoms with van der Waals surface area (Å²) in [6, 6.07) is 6.66. The molecule has 0 radical (unpaired) electrons. The fourth-order valence-corrected chi connectivity index (χ4v) is 2.00. The molecule has 0 aromatic heterocycles. The summed E-state index contributed by atoms with van der Waals surface area (Å²) in [5.74, 6) is 6.32. The van der Waals surface area contributed by atoms with Gasteiger partial charge in [-0.2, -0.15) is 0 Å². The molecule has 0 fully saturated rings. The van der Waals surface area contributed by atoms with Crippen LogP contribution in [0.25, 0.3) is 0 Å². The maximum atomic E-state index is 5.63.